The molecule has 0 radical (unpaired) electrons. The lowest BCUT2D eigenvalue weighted by atomic mass is 10.1. The van der Waals surface area contributed by atoms with Crippen molar-refractivity contribution in [2.45, 2.75) is 6.54 Å². The van der Waals surface area contributed by atoms with Gasteiger partial charge >= 0.3 is 0 Å². The molecule has 0 saturated heterocycles. The molecule has 0 spiro atoms. The monoisotopic (exact) mass is 204 g/mol. The molecule has 0 amide bonds. The minimum absolute atomic E-state index is 0.132. The van der Waals surface area contributed by atoms with E-state index in [1.54, 1.807) is 29.4 Å². The maximum Gasteiger partial charge on any atom is 0.182 e. The Balaban J connectivity index is 2.15. The fourth-order valence-corrected chi connectivity index (χ4v) is 1.30. The number of carbonyl (C=O) groups excluding carboxylic acids is 1. The first-order valence-electron chi connectivity index (χ1n) is 4.50. The summed E-state index contributed by atoms with van der Waals surface area (Å²) < 4.78 is 14.5. The van der Waals surface area contributed by atoms with Crippen LogP contribution >= 0.6 is 0 Å². The van der Waals surface area contributed by atoms with Gasteiger partial charge < -0.3 is 4.57 Å². The third kappa shape index (κ3) is 2.28. The summed E-state index contributed by atoms with van der Waals surface area (Å²) in [6.07, 6.45) is 4.84. The molecule has 0 saturated carbocycles. The third-order valence-corrected chi connectivity index (χ3v) is 2.03. The topological polar surface area (TPSA) is 34.9 Å². The van der Waals surface area contributed by atoms with Crippen molar-refractivity contribution in [1.82, 2.24) is 9.55 Å². The van der Waals surface area contributed by atoms with E-state index in [1.165, 1.54) is 18.2 Å². The Morgan fingerprint density at radius 3 is 3.00 bits per heavy atom. The van der Waals surface area contributed by atoms with Crippen LogP contribution in [0.1, 0.15) is 10.4 Å². The van der Waals surface area contributed by atoms with Crippen LogP contribution in [0.15, 0.2) is 43.0 Å². The molecule has 4 heteroatoms. The minimum Gasteiger partial charge on any atom is -0.330 e. The van der Waals surface area contributed by atoms with E-state index in [2.05, 4.69) is 4.98 Å². The van der Waals surface area contributed by atoms with Crippen molar-refractivity contribution in [3.05, 3.63) is 54.4 Å². The highest BCUT2D eigenvalue weighted by Crippen LogP contribution is 2.05. The summed E-state index contributed by atoms with van der Waals surface area (Å²) in [7, 11) is 0. The number of carbonyl (C=O) groups is 1. The number of benzene rings is 1. The molecule has 0 atom stereocenters. The van der Waals surface area contributed by atoms with E-state index in [1.807, 2.05) is 0 Å². The third-order valence-electron chi connectivity index (χ3n) is 2.03. The van der Waals surface area contributed by atoms with E-state index in [-0.39, 0.29) is 12.3 Å². The van der Waals surface area contributed by atoms with E-state index in [0.29, 0.717) is 5.56 Å². The smallest absolute Gasteiger partial charge is 0.182 e. The second-order valence-corrected chi connectivity index (χ2v) is 3.17. The molecule has 0 aliphatic carbocycles. The number of hydrogen-bond acceptors (Lipinski definition) is 2. The number of aromatic nitrogens is 2. The molecule has 0 aliphatic rings. The zero-order valence-electron chi connectivity index (χ0n) is 7.93. The average molecular weight is 204 g/mol. The molecule has 0 bridgehead atoms. The summed E-state index contributed by atoms with van der Waals surface area (Å²) >= 11 is 0. The molecule has 1 aromatic carbocycles. The highest BCUT2D eigenvalue weighted by Gasteiger charge is 2.06. The summed E-state index contributed by atoms with van der Waals surface area (Å²) in [5, 5.41) is 0. The Morgan fingerprint density at radius 1 is 1.47 bits per heavy atom. The van der Waals surface area contributed by atoms with E-state index < -0.39 is 5.82 Å². The molecule has 1 heterocycles. The molecule has 3 nitrogen and oxygen atoms in total. The molecule has 1 aromatic heterocycles. The maximum absolute atomic E-state index is 12.8. The quantitative estimate of drug-likeness (QED) is 0.716. The fraction of sp³-hybridized carbons (Fsp3) is 0.0909. The van der Waals surface area contributed by atoms with Crippen LogP contribution in [0, 0.1) is 5.82 Å². The van der Waals surface area contributed by atoms with Crippen molar-refractivity contribution >= 4 is 5.78 Å². The summed E-state index contributed by atoms with van der Waals surface area (Å²) in [4.78, 5) is 15.5. The van der Waals surface area contributed by atoms with Gasteiger partial charge in [-0.2, -0.15) is 0 Å². The number of nitrogens with zero attached hydrogens (tertiary/aromatic N) is 2. The van der Waals surface area contributed by atoms with Crippen molar-refractivity contribution < 1.29 is 9.18 Å². The van der Waals surface area contributed by atoms with Crippen LogP contribution < -0.4 is 0 Å². The lowest BCUT2D eigenvalue weighted by Gasteiger charge is -2.01. The largest absolute Gasteiger partial charge is 0.330 e. The molecule has 15 heavy (non-hydrogen) atoms. The summed E-state index contributed by atoms with van der Waals surface area (Å²) in [5.41, 5.74) is 0.378. The number of ketones is 1. The summed E-state index contributed by atoms with van der Waals surface area (Å²) in [6, 6.07) is 5.67. The molecule has 2 rings (SSSR count). The Bertz CT molecular complexity index is 465. The molecule has 76 valence electrons. The van der Waals surface area contributed by atoms with Crippen molar-refractivity contribution in [2.75, 3.05) is 0 Å². The van der Waals surface area contributed by atoms with Crippen LogP contribution in [0.2, 0.25) is 0 Å². The summed E-state index contributed by atoms with van der Waals surface area (Å²) in [6.45, 7) is 0.184. The van der Waals surface area contributed by atoms with Crippen LogP contribution in [-0.2, 0) is 6.54 Å². The molecular formula is C11H9FN2O. The van der Waals surface area contributed by atoms with Crippen LogP contribution in [0.25, 0.3) is 0 Å². The maximum atomic E-state index is 12.8. The predicted octanol–water partition coefficient (Wildman–Crippen LogP) is 1.91. The molecule has 0 aliphatic heterocycles. The average Bonchev–Trinajstić information content (AvgIpc) is 2.70. The second-order valence-electron chi connectivity index (χ2n) is 3.17. The Hall–Kier alpha value is -1.97. The fourth-order valence-electron chi connectivity index (χ4n) is 1.30. The molecule has 0 unspecified atom stereocenters. The van der Waals surface area contributed by atoms with Gasteiger partial charge in [0.1, 0.15) is 5.82 Å². The SMILES string of the molecule is O=C(Cn1ccnc1)c1cccc(F)c1. The lowest BCUT2D eigenvalue weighted by molar-refractivity contribution is 0.0971. The zero-order chi connectivity index (χ0) is 10.7. The van der Waals surface area contributed by atoms with E-state index in [0.717, 1.165) is 0 Å². The number of imidazole rings is 1. The van der Waals surface area contributed by atoms with Gasteiger partial charge in [-0.15, -0.1) is 0 Å². The van der Waals surface area contributed by atoms with Crippen LogP contribution in [-0.4, -0.2) is 15.3 Å². The minimum atomic E-state index is -0.397. The molecular weight excluding hydrogens is 195 g/mol. The van der Waals surface area contributed by atoms with E-state index in [9.17, 15) is 9.18 Å². The van der Waals surface area contributed by atoms with E-state index in [4.69, 9.17) is 0 Å². The number of hydrogen-bond donors (Lipinski definition) is 0. The van der Waals surface area contributed by atoms with Gasteiger partial charge in [-0.3, -0.25) is 4.79 Å². The number of rotatable bonds is 3. The Kier molecular flexibility index (Phi) is 2.58. The predicted molar refractivity (Wildman–Crippen MR) is 53.0 cm³/mol. The van der Waals surface area contributed by atoms with Crippen LogP contribution in [0.4, 0.5) is 4.39 Å². The van der Waals surface area contributed by atoms with Gasteiger partial charge in [0.25, 0.3) is 0 Å². The van der Waals surface area contributed by atoms with Gasteiger partial charge in [0, 0.05) is 18.0 Å². The lowest BCUT2D eigenvalue weighted by Crippen LogP contribution is -2.08. The first kappa shape index (κ1) is 9.58. The molecule has 0 fully saturated rings. The van der Waals surface area contributed by atoms with Gasteiger partial charge in [-0.1, -0.05) is 12.1 Å². The Morgan fingerprint density at radius 2 is 2.33 bits per heavy atom. The van der Waals surface area contributed by atoms with Gasteiger partial charge in [0.05, 0.1) is 12.9 Å². The van der Waals surface area contributed by atoms with Gasteiger partial charge in [-0.05, 0) is 12.1 Å². The van der Waals surface area contributed by atoms with Crippen molar-refractivity contribution in [3.63, 3.8) is 0 Å². The van der Waals surface area contributed by atoms with Crippen LogP contribution in [0.3, 0.4) is 0 Å². The van der Waals surface area contributed by atoms with Gasteiger partial charge in [-0.25, -0.2) is 9.37 Å². The van der Waals surface area contributed by atoms with Gasteiger partial charge in [0.15, 0.2) is 5.78 Å². The van der Waals surface area contributed by atoms with Crippen molar-refractivity contribution in [1.29, 1.82) is 0 Å². The number of Topliss-reactive ketones (excluding diaryl/α,β-unsaturated/α-hetero) is 1. The second kappa shape index (κ2) is 4.04. The molecule has 2 aromatic rings. The first-order valence-corrected chi connectivity index (χ1v) is 4.50. The highest BCUT2D eigenvalue weighted by atomic mass is 19.1. The highest BCUT2D eigenvalue weighted by molar-refractivity contribution is 5.95. The normalized spacial score (nSPS) is 10.2. The van der Waals surface area contributed by atoms with E-state index >= 15 is 0 Å². The Labute approximate surface area is 86.2 Å². The van der Waals surface area contributed by atoms with Crippen LogP contribution in [0.5, 0.6) is 0 Å². The van der Waals surface area contributed by atoms with Crippen molar-refractivity contribution in [3.8, 4) is 0 Å². The van der Waals surface area contributed by atoms with Gasteiger partial charge in [0.2, 0.25) is 0 Å². The summed E-state index contributed by atoms with van der Waals surface area (Å²) in [5.74, 6) is -0.529. The zero-order valence-corrected chi connectivity index (χ0v) is 7.93. The molecule has 0 N–H and O–H groups in total. The number of halogens is 1. The first-order chi connectivity index (χ1) is 7.25. The standard InChI is InChI=1S/C11H9FN2O/c12-10-3-1-2-9(6-10)11(15)7-14-5-4-13-8-14/h1-6,8H,7H2. The van der Waals surface area contributed by atoms with Crippen molar-refractivity contribution in [2.24, 2.45) is 0 Å².